The van der Waals surface area contributed by atoms with Crippen LogP contribution in [0.4, 0.5) is 34.9 Å². The Morgan fingerprint density at radius 1 is 0.382 bits per heavy atom. The van der Waals surface area contributed by atoms with Gasteiger partial charge in [0.1, 0.15) is 145 Å². The van der Waals surface area contributed by atoms with Crippen LogP contribution in [0.1, 0.15) is 79.4 Å². The summed E-state index contributed by atoms with van der Waals surface area (Å²) in [5.41, 5.74) is 34.1. The molecule has 6 aliphatic rings. The summed E-state index contributed by atoms with van der Waals surface area (Å²) in [6.45, 7) is -9.04. The number of aliphatic hydroxyl groups excluding tert-OH is 1. The summed E-state index contributed by atoms with van der Waals surface area (Å²) in [6.07, 6.45) is -27.4. The summed E-state index contributed by atoms with van der Waals surface area (Å²) >= 11 is 9.97. The molecule has 17 N–H and O–H groups in total. The van der Waals surface area contributed by atoms with E-state index in [9.17, 15) is 43.9 Å². The van der Waals surface area contributed by atoms with Crippen LogP contribution in [0.15, 0.2) is 69.3 Å². The fourth-order valence-corrected chi connectivity index (χ4v) is 22.2. The van der Waals surface area contributed by atoms with Gasteiger partial charge in [-0.2, -0.15) is 19.9 Å². The van der Waals surface area contributed by atoms with Gasteiger partial charge in [0.15, 0.2) is 54.1 Å². The average Bonchev–Trinajstić information content (AvgIpc) is 1.60. The Bertz CT molecular complexity index is 6290. The van der Waals surface area contributed by atoms with E-state index < -0.39 is 247 Å². The first-order chi connectivity index (χ1) is 68.5. The maximum atomic E-state index is 15.4. The number of hydrogen-bond donors (Lipinski definition) is 12. The van der Waals surface area contributed by atoms with Gasteiger partial charge in [0.25, 0.3) is 0 Å². The molecule has 0 bridgehead atoms. The van der Waals surface area contributed by atoms with Crippen LogP contribution in [0.25, 0.3) is 22.3 Å². The van der Waals surface area contributed by atoms with Crippen molar-refractivity contribution in [3.8, 4) is 0 Å². The molecule has 6 saturated heterocycles. The van der Waals surface area contributed by atoms with Crippen LogP contribution in [0.5, 0.6) is 0 Å². The van der Waals surface area contributed by atoms with Gasteiger partial charge in [0.2, 0.25) is 0 Å². The Morgan fingerprint density at radius 3 is 1.04 bits per heavy atom. The fourth-order valence-electron chi connectivity index (χ4n) is 16.4. The highest BCUT2D eigenvalue weighted by Gasteiger charge is 2.59. The molecule has 0 spiro atoms. The van der Waals surface area contributed by atoms with Crippen LogP contribution in [-0.4, -0.2) is 340 Å². The van der Waals surface area contributed by atoms with Crippen LogP contribution in [0.3, 0.4) is 0 Å². The maximum absolute atomic E-state index is 15.4. The first-order valence-corrected chi connectivity index (χ1v) is 54.0. The van der Waals surface area contributed by atoms with E-state index in [0.717, 1.165) is 26.4 Å². The number of nitrogens with zero attached hydrogens (tertiary/aromatic N) is 16. The van der Waals surface area contributed by atoms with Crippen LogP contribution < -0.4 is 57.2 Å². The molecule has 28 atom stereocenters. The number of hydrogen-bond acceptors (Lipinski definition) is 52. The number of fused-ring (bicyclic) bond motifs is 2. The number of aryl methyl sites for hydroxylation is 4. The normalized spacial score (nSPS) is 29.3. The van der Waals surface area contributed by atoms with Crippen molar-refractivity contribution in [3.05, 3.63) is 114 Å². The Hall–Kier alpha value is -7.90. The van der Waals surface area contributed by atoms with E-state index in [0.29, 0.717) is 11.1 Å². The monoisotopic (exact) mass is 2180 g/mol. The number of nitrogen functional groups attached to an aromatic ring is 6. The zero-order valence-electron chi connectivity index (χ0n) is 78.7. The molecule has 0 aliphatic carbocycles. The molecule has 0 aromatic carbocycles. The summed E-state index contributed by atoms with van der Waals surface area (Å²) in [6, 6.07) is 0. The Balaban J connectivity index is 0.755. The highest BCUT2D eigenvalue weighted by molar-refractivity contribution is 8.44. The first kappa shape index (κ1) is 112. The second-order valence-electron chi connectivity index (χ2n) is 33.1. The van der Waals surface area contributed by atoms with Gasteiger partial charge in [-0.15, -0.1) is 0 Å². The number of ether oxygens (including phenoxy) is 16. The number of rotatable bonds is 52. The number of phosphoric ester groups is 3. The third-order valence-electron chi connectivity index (χ3n) is 23.5. The van der Waals surface area contributed by atoms with Gasteiger partial charge in [0, 0.05) is 89.0 Å². The Kier molecular flexibility index (Phi) is 37.5. The smallest absolute Gasteiger partial charge is 0.387 e. The van der Waals surface area contributed by atoms with Crippen molar-refractivity contribution >= 4 is 118 Å². The van der Waals surface area contributed by atoms with Crippen molar-refractivity contribution in [2.75, 3.05) is 169 Å². The predicted molar refractivity (Wildman–Crippen MR) is 499 cm³/mol. The molecule has 0 saturated carbocycles. The van der Waals surface area contributed by atoms with Crippen molar-refractivity contribution in [1.82, 2.24) is 77.2 Å². The second-order valence-corrected chi connectivity index (χ2v) is 43.0. The molecule has 14 heterocycles. The fraction of sp³-hybridized carbons (Fsp3) is 0.658. The van der Waals surface area contributed by atoms with E-state index in [2.05, 4.69) is 62.1 Å². The lowest BCUT2D eigenvalue weighted by molar-refractivity contribution is -0.0852. The minimum atomic E-state index is -5.97. The number of phosphoric acid groups is 3. The second kappa shape index (κ2) is 48.4. The first-order valence-electron chi connectivity index (χ1n) is 44.2. The molecule has 798 valence electrons. The third kappa shape index (κ3) is 26.4. The molecule has 0 radical (unpaired) electrons. The van der Waals surface area contributed by atoms with Crippen LogP contribution >= 0.6 is 49.2 Å². The molecule has 14 rings (SSSR count). The van der Waals surface area contributed by atoms with E-state index in [1.54, 1.807) is 20.8 Å². The summed E-state index contributed by atoms with van der Waals surface area (Å²) < 4.78 is 224. The molecular weight excluding hydrogens is 2060 g/mol. The van der Waals surface area contributed by atoms with Gasteiger partial charge in [-0.1, -0.05) is 19.2 Å². The zero-order chi connectivity index (χ0) is 104. The number of aliphatic hydroxyl groups is 1. The number of anilines is 6. The largest absolute Gasteiger partial charge is 0.472 e. The van der Waals surface area contributed by atoms with Crippen molar-refractivity contribution < 1.29 is 164 Å². The van der Waals surface area contributed by atoms with Crippen molar-refractivity contribution in [3.63, 3.8) is 0 Å². The standard InChI is InChI=1S/C76H113N22O39P5S2/c1-11-40-41(22-47(127-40)93-23-36(2)60(77)89-73(93)100)133-141(110,143)126-31-46-53(58(120-20-15-115-9)71(132-46)97-34-87-48-64(81)83-32-85-66(48)97)136-139(106,107)123-29-44-51(56(118-18-13-113-7)69(130-44)95-25-38(4)62(79)91-75(95)102)134-138(104,105)122-28-43-52(57(119-19-14-114-8)70(129-43)96-26-39(5)63(80)92-76(96)103)135-140(108,109)124-30-45-54(59(121-21-16-116-10)72(131-45)98-35-88-49-65(82)84-33-86-67(49)98)137-142(111,144)125-27-42-50(99)55(117-17-12-112-6)68(128-42)94-24-37(3)61(78)90-74(94)101/h23-26,32-35,40-47,50-59,68-72,99H,11-22,27-31H2,1-10H3,(H,104,105)(H,106,107)(H,108,109)(H,110,143)(H,111,144)(H2,77,89,100)(H2,78,90,101)(H2,79,91,102)(H2,80,92,103)(H2,81,83,85)(H2,82,84,86)/t40-,41-,42-,43-,44-,45-,46-,47-,50+,51+,52+,53+,54+,55?,56?,57?,58?,59?,68-,69-,70-,71-,72-,141?,142?/m1/s1. The summed E-state index contributed by atoms with van der Waals surface area (Å²) in [5.74, 6) is -0.739. The van der Waals surface area contributed by atoms with E-state index in [-0.39, 0.29) is 134 Å². The van der Waals surface area contributed by atoms with E-state index in [1.165, 1.54) is 101 Å². The minimum Gasteiger partial charge on any atom is -0.387 e. The Labute approximate surface area is 827 Å². The topological polar surface area (TPSA) is 792 Å². The molecule has 6 fully saturated rings. The summed E-state index contributed by atoms with van der Waals surface area (Å²) in [5, 5.41) is 11.8. The van der Waals surface area contributed by atoms with Crippen molar-refractivity contribution in [1.29, 1.82) is 0 Å². The molecular formula is C76H113N22O39P5S2. The highest BCUT2D eigenvalue weighted by Crippen LogP contribution is 2.60. The lowest BCUT2D eigenvalue weighted by atomic mass is 10.1. The Morgan fingerprint density at radius 2 is 0.688 bits per heavy atom. The summed E-state index contributed by atoms with van der Waals surface area (Å²) in [7, 11) is -11.0. The number of thiol groups is 1. The van der Waals surface area contributed by atoms with Gasteiger partial charge in [0.05, 0.1) is 124 Å². The summed E-state index contributed by atoms with van der Waals surface area (Å²) in [4.78, 5) is 145. The van der Waals surface area contributed by atoms with E-state index in [4.69, 9.17) is 167 Å². The number of aromatic nitrogens is 16. The molecule has 0 amide bonds. The lowest BCUT2D eigenvalue weighted by Crippen LogP contribution is -2.41. The van der Waals surface area contributed by atoms with Crippen molar-refractivity contribution in [2.45, 2.75) is 189 Å². The molecule has 8 aromatic rings. The van der Waals surface area contributed by atoms with Crippen molar-refractivity contribution in [2.24, 2.45) is 0 Å². The number of imidazole rings is 2. The van der Waals surface area contributed by atoms with Gasteiger partial charge < -0.3 is 144 Å². The zero-order valence-corrected chi connectivity index (χ0v) is 84.9. The van der Waals surface area contributed by atoms with Gasteiger partial charge in [-0.3, -0.25) is 63.6 Å². The van der Waals surface area contributed by atoms with Crippen LogP contribution in [-0.2, 0) is 151 Å². The van der Waals surface area contributed by atoms with Gasteiger partial charge in [-0.05, 0) is 45.9 Å². The number of nitrogens with two attached hydrogens (primary N) is 6. The SMILES string of the molecule is CC[C@H]1O[C@@H](n2cc(C)c(N)nc2=O)C[C@H]1OP(O)(=S)OC[C@H]1O[C@@H](n2cnc3c(N)ncnc32)C(OCCOC)[C@H]1OP(=O)(O)OC[C@H]1O[C@@H](n2cc(C)c(N)nc2=O)C(OCCOC)[C@H]1OP(=O)(O)OC[C@H]1O[C@@H](n2cc(C)c(N)nc2=O)C(OCCOC)[C@H]1OP(=O)(O)OC[C@H]1O[C@@H](n2cnc3c(N)ncnc32)C(OCCOC)[C@H]1OP(=O)(S)OC[C@H]1O[C@@H](n2cc(C)c(N)nc2=O)C(OCCOC)[C@H]1O. The van der Waals surface area contributed by atoms with Gasteiger partial charge in [-0.25, -0.2) is 67.3 Å². The van der Waals surface area contributed by atoms with E-state index >= 15 is 18.3 Å². The van der Waals surface area contributed by atoms with Crippen LogP contribution in [0, 0.1) is 27.7 Å². The molecule has 10 unspecified atom stereocenters. The average molecular weight is 2180 g/mol. The predicted octanol–water partition coefficient (Wildman–Crippen LogP) is -0.311. The third-order valence-corrected chi connectivity index (χ3v) is 29.6. The molecule has 68 heteroatoms. The van der Waals surface area contributed by atoms with Crippen LogP contribution in [0.2, 0.25) is 0 Å². The lowest BCUT2D eigenvalue weighted by Gasteiger charge is -2.29. The molecule has 8 aromatic heterocycles. The maximum Gasteiger partial charge on any atom is 0.472 e. The quantitative estimate of drug-likeness (QED) is 0.0132. The molecule has 144 heavy (non-hydrogen) atoms. The van der Waals surface area contributed by atoms with E-state index in [1.807, 2.05) is 0 Å². The molecule has 6 aliphatic heterocycles. The number of methoxy groups -OCH3 is 5. The minimum absolute atomic E-state index is 0.00234. The molecule has 61 nitrogen and oxygen atoms in total. The highest BCUT2D eigenvalue weighted by atomic mass is 32.7. The van der Waals surface area contributed by atoms with Gasteiger partial charge >= 0.3 is 59.7 Å².